The summed E-state index contributed by atoms with van der Waals surface area (Å²) in [7, 11) is 0. The Hall–Kier alpha value is -3.20. The summed E-state index contributed by atoms with van der Waals surface area (Å²) in [5.41, 5.74) is -0.925. The highest BCUT2D eigenvalue weighted by Crippen LogP contribution is 2.20. The van der Waals surface area contributed by atoms with Gasteiger partial charge in [0.15, 0.2) is 5.78 Å². The van der Waals surface area contributed by atoms with Gasteiger partial charge < -0.3 is 19.3 Å². The van der Waals surface area contributed by atoms with Crippen molar-refractivity contribution < 1.29 is 38.5 Å². The molecule has 0 heterocycles. The number of benzene rings is 1. The molecule has 9 heteroatoms. The summed E-state index contributed by atoms with van der Waals surface area (Å²) in [6.45, 7) is 11.6. The highest BCUT2D eigenvalue weighted by Gasteiger charge is 2.39. The van der Waals surface area contributed by atoms with Gasteiger partial charge >= 0.3 is 18.2 Å². The lowest BCUT2D eigenvalue weighted by Gasteiger charge is -2.31. The van der Waals surface area contributed by atoms with Gasteiger partial charge in [0.05, 0.1) is 6.61 Å². The van der Waals surface area contributed by atoms with Crippen molar-refractivity contribution in [2.45, 2.75) is 97.7 Å². The quantitative estimate of drug-likeness (QED) is 0.309. The van der Waals surface area contributed by atoms with Gasteiger partial charge in [0, 0.05) is 0 Å². The van der Waals surface area contributed by atoms with Crippen LogP contribution in [0.2, 0.25) is 0 Å². The average molecular weight is 506 g/mol. The van der Waals surface area contributed by atoms with E-state index in [1.165, 1.54) is 6.08 Å². The van der Waals surface area contributed by atoms with E-state index in [0.717, 1.165) is 5.56 Å². The smallest absolute Gasteiger partial charge is 0.420 e. The van der Waals surface area contributed by atoms with Crippen molar-refractivity contribution >= 4 is 23.9 Å². The van der Waals surface area contributed by atoms with Crippen LogP contribution in [0.4, 0.5) is 9.59 Å². The van der Waals surface area contributed by atoms with E-state index in [2.05, 4.69) is 0 Å². The zero-order chi connectivity index (χ0) is 27.5. The SMILES string of the molecule is CC(OCc1ccccc1)C(=O)C=CCCC[C@@H](C(=O)O)N(C(=O)OC(C)(C)C)C(=O)OC(C)(C)C. The third-order valence-electron chi connectivity index (χ3n) is 4.65. The van der Waals surface area contributed by atoms with E-state index in [9.17, 15) is 24.3 Å². The lowest BCUT2D eigenvalue weighted by Crippen LogP contribution is -2.52. The van der Waals surface area contributed by atoms with Gasteiger partial charge in [-0.3, -0.25) is 4.79 Å². The molecule has 2 atom stereocenters. The second-order valence-corrected chi connectivity index (χ2v) is 10.4. The molecule has 2 amide bonds. The third-order valence-corrected chi connectivity index (χ3v) is 4.65. The fourth-order valence-electron chi connectivity index (χ4n) is 2.96. The van der Waals surface area contributed by atoms with Crippen molar-refractivity contribution in [2.24, 2.45) is 0 Å². The number of imide groups is 1. The maximum absolute atomic E-state index is 12.7. The summed E-state index contributed by atoms with van der Waals surface area (Å²) >= 11 is 0. The van der Waals surface area contributed by atoms with E-state index in [4.69, 9.17) is 14.2 Å². The van der Waals surface area contributed by atoms with Crippen LogP contribution in [0.1, 0.15) is 73.3 Å². The number of amides is 2. The summed E-state index contributed by atoms with van der Waals surface area (Å²) in [5.74, 6) is -1.58. The van der Waals surface area contributed by atoms with Crippen molar-refractivity contribution in [2.75, 3.05) is 0 Å². The summed E-state index contributed by atoms with van der Waals surface area (Å²) < 4.78 is 16.1. The molecular weight excluding hydrogens is 466 g/mol. The predicted octanol–water partition coefficient (Wildman–Crippen LogP) is 5.51. The molecule has 0 aliphatic rings. The number of unbranched alkanes of at least 4 members (excludes halogenated alkanes) is 1. The van der Waals surface area contributed by atoms with Gasteiger partial charge in [0.1, 0.15) is 23.3 Å². The molecule has 0 fully saturated rings. The molecule has 9 nitrogen and oxygen atoms in total. The Labute approximate surface area is 213 Å². The third kappa shape index (κ3) is 12.0. The predicted molar refractivity (Wildman–Crippen MR) is 134 cm³/mol. The number of carboxylic acid groups (broad SMARTS) is 1. The van der Waals surface area contributed by atoms with Crippen LogP contribution in [-0.2, 0) is 30.4 Å². The first-order valence-electron chi connectivity index (χ1n) is 11.9. The Kier molecular flexibility index (Phi) is 11.8. The van der Waals surface area contributed by atoms with Gasteiger partial charge in [0.25, 0.3) is 0 Å². The number of aliphatic carboxylic acids is 1. The zero-order valence-electron chi connectivity index (χ0n) is 22.3. The molecule has 1 aromatic carbocycles. The fourth-order valence-corrected chi connectivity index (χ4v) is 2.96. The number of rotatable bonds is 11. The number of carbonyl (C=O) groups is 4. The zero-order valence-corrected chi connectivity index (χ0v) is 22.3. The largest absolute Gasteiger partial charge is 0.480 e. The van der Waals surface area contributed by atoms with Crippen LogP contribution in [0.25, 0.3) is 0 Å². The minimum Gasteiger partial charge on any atom is -0.480 e. The summed E-state index contributed by atoms with van der Waals surface area (Å²) in [6.07, 6.45) is 0.785. The number of allylic oxidation sites excluding steroid dienone is 1. The first-order valence-corrected chi connectivity index (χ1v) is 11.9. The number of nitrogens with zero attached hydrogens (tertiary/aromatic N) is 1. The molecule has 0 radical (unpaired) electrons. The first-order chi connectivity index (χ1) is 16.6. The molecule has 1 unspecified atom stereocenters. The number of carboxylic acids is 1. The van der Waals surface area contributed by atoms with E-state index in [1.54, 1.807) is 54.5 Å². The highest BCUT2D eigenvalue weighted by atomic mass is 16.6. The summed E-state index contributed by atoms with van der Waals surface area (Å²) in [6, 6.07) is 8.00. The van der Waals surface area contributed by atoms with Gasteiger partial charge in [0.2, 0.25) is 0 Å². The minimum atomic E-state index is -1.49. The van der Waals surface area contributed by atoms with Crippen molar-refractivity contribution in [3.05, 3.63) is 48.0 Å². The Bertz CT molecular complexity index is 884. The van der Waals surface area contributed by atoms with Crippen LogP contribution in [0.5, 0.6) is 0 Å². The molecule has 1 aromatic rings. The molecule has 0 saturated heterocycles. The lowest BCUT2D eigenvalue weighted by atomic mass is 10.1. The number of hydrogen-bond acceptors (Lipinski definition) is 7. The maximum atomic E-state index is 12.7. The summed E-state index contributed by atoms with van der Waals surface area (Å²) in [4.78, 5) is 50.2. The molecule has 0 aromatic heterocycles. The van der Waals surface area contributed by atoms with Gasteiger partial charge in [-0.05, 0) is 79.4 Å². The second kappa shape index (κ2) is 13.8. The van der Waals surface area contributed by atoms with Gasteiger partial charge in [-0.1, -0.05) is 36.4 Å². The molecule has 0 aliphatic heterocycles. The van der Waals surface area contributed by atoms with E-state index in [1.807, 2.05) is 30.3 Å². The molecule has 1 rings (SSSR count). The van der Waals surface area contributed by atoms with Crippen LogP contribution in [0.15, 0.2) is 42.5 Å². The standard InChI is InChI=1S/C27H39NO8/c1-19(34-18-20-14-10-8-11-15-20)22(29)17-13-9-12-16-21(23(30)31)28(24(32)35-26(2,3)4)25(33)36-27(5,6)7/h8,10-11,13-15,17,19,21H,9,12,16,18H2,1-7H3,(H,30,31)/t19?,21-/m0/s1. The van der Waals surface area contributed by atoms with Gasteiger partial charge in [-0.25, -0.2) is 14.4 Å². The number of carbonyl (C=O) groups excluding carboxylic acids is 3. The van der Waals surface area contributed by atoms with E-state index in [0.29, 0.717) is 24.3 Å². The average Bonchev–Trinajstić information content (AvgIpc) is 2.74. The van der Waals surface area contributed by atoms with Crippen molar-refractivity contribution in [1.82, 2.24) is 4.90 Å². The van der Waals surface area contributed by atoms with Crippen LogP contribution in [0, 0.1) is 0 Å². The van der Waals surface area contributed by atoms with Crippen molar-refractivity contribution in [3.8, 4) is 0 Å². The molecule has 0 bridgehead atoms. The van der Waals surface area contributed by atoms with Crippen molar-refractivity contribution in [3.63, 3.8) is 0 Å². The molecule has 0 saturated carbocycles. The Morgan fingerprint density at radius 3 is 1.94 bits per heavy atom. The fraction of sp³-hybridized carbons (Fsp3) is 0.556. The molecular formula is C27H39NO8. The lowest BCUT2D eigenvalue weighted by molar-refractivity contribution is -0.143. The molecule has 1 N–H and O–H groups in total. The second-order valence-electron chi connectivity index (χ2n) is 10.4. The first kappa shape index (κ1) is 30.8. The summed E-state index contributed by atoms with van der Waals surface area (Å²) in [5, 5.41) is 9.76. The highest BCUT2D eigenvalue weighted by molar-refractivity contribution is 5.94. The Morgan fingerprint density at radius 1 is 0.944 bits per heavy atom. The van der Waals surface area contributed by atoms with E-state index >= 15 is 0 Å². The van der Waals surface area contributed by atoms with Crippen LogP contribution >= 0.6 is 0 Å². The van der Waals surface area contributed by atoms with Crippen LogP contribution in [0.3, 0.4) is 0 Å². The maximum Gasteiger partial charge on any atom is 0.420 e. The van der Waals surface area contributed by atoms with Gasteiger partial charge in [-0.2, -0.15) is 4.90 Å². The van der Waals surface area contributed by atoms with Crippen molar-refractivity contribution in [1.29, 1.82) is 0 Å². The minimum absolute atomic E-state index is 0.0492. The topological polar surface area (TPSA) is 119 Å². The normalized spacial score (nSPS) is 13.6. The number of hydrogen-bond donors (Lipinski definition) is 1. The molecule has 0 spiro atoms. The molecule has 200 valence electrons. The van der Waals surface area contributed by atoms with Gasteiger partial charge in [-0.15, -0.1) is 0 Å². The Balaban J connectivity index is 2.75. The van der Waals surface area contributed by atoms with E-state index < -0.39 is 41.5 Å². The molecule has 0 aliphatic carbocycles. The monoisotopic (exact) mass is 505 g/mol. The Morgan fingerprint density at radius 2 is 1.47 bits per heavy atom. The van der Waals surface area contributed by atoms with E-state index in [-0.39, 0.29) is 12.2 Å². The number of ketones is 1. The van der Waals surface area contributed by atoms with Crippen LogP contribution in [-0.4, -0.2) is 57.3 Å². The molecule has 36 heavy (non-hydrogen) atoms. The number of ether oxygens (including phenoxy) is 3. The van der Waals surface area contributed by atoms with Crippen LogP contribution < -0.4 is 0 Å².